The minimum atomic E-state index is 0.529. The third-order valence-corrected chi connectivity index (χ3v) is 2.68. The van der Waals surface area contributed by atoms with Crippen molar-refractivity contribution in [2.45, 2.75) is 26.5 Å². The van der Waals surface area contributed by atoms with Gasteiger partial charge in [0.15, 0.2) is 0 Å². The molecule has 0 aliphatic heterocycles. The lowest BCUT2D eigenvalue weighted by atomic mass is 10.3. The van der Waals surface area contributed by atoms with Gasteiger partial charge in [0, 0.05) is 26.9 Å². The van der Waals surface area contributed by atoms with Crippen LogP contribution in [0.25, 0.3) is 0 Å². The summed E-state index contributed by atoms with van der Waals surface area (Å²) in [6.07, 6.45) is 0.921. The molecule has 1 aromatic rings. The van der Waals surface area contributed by atoms with Crippen LogP contribution in [0.2, 0.25) is 0 Å². The Morgan fingerprint density at radius 2 is 1.85 bits per heavy atom. The Kier molecular flexibility index (Phi) is 10.0. The van der Waals surface area contributed by atoms with E-state index in [4.69, 9.17) is 14.2 Å². The van der Waals surface area contributed by atoms with E-state index in [1.807, 2.05) is 18.2 Å². The van der Waals surface area contributed by atoms with Gasteiger partial charge in [-0.2, -0.15) is 0 Å². The Hall–Kier alpha value is -1.01. The fourth-order valence-corrected chi connectivity index (χ4v) is 1.66. The minimum absolute atomic E-state index is 0.529. The number of ether oxygens (including phenoxy) is 3. The number of nitrogens with one attached hydrogen (secondary N) is 1. The first-order valence-corrected chi connectivity index (χ1v) is 7.16. The van der Waals surface area contributed by atoms with E-state index in [1.165, 1.54) is 0 Å². The standard InChI is InChI=1S/C15H26N2O3/c1-3-16-12-14-6-4-7-15(17-14)13-20-11-10-19-9-5-8-18-2/h4,6-7,16H,3,5,8-13H2,1-2H3. The summed E-state index contributed by atoms with van der Waals surface area (Å²) in [5, 5.41) is 3.26. The van der Waals surface area contributed by atoms with Gasteiger partial charge < -0.3 is 19.5 Å². The number of rotatable bonds is 12. The lowest BCUT2D eigenvalue weighted by molar-refractivity contribution is 0.0327. The summed E-state index contributed by atoms with van der Waals surface area (Å²) in [5.74, 6) is 0. The van der Waals surface area contributed by atoms with Crippen molar-refractivity contribution < 1.29 is 14.2 Å². The van der Waals surface area contributed by atoms with Gasteiger partial charge in [0.05, 0.1) is 31.2 Å². The van der Waals surface area contributed by atoms with Gasteiger partial charge in [-0.05, 0) is 25.1 Å². The predicted octanol–water partition coefficient (Wildman–Crippen LogP) is 1.76. The second-order valence-electron chi connectivity index (χ2n) is 4.41. The third kappa shape index (κ3) is 8.22. The van der Waals surface area contributed by atoms with Gasteiger partial charge in [0.25, 0.3) is 0 Å². The molecule has 0 unspecified atom stereocenters. The molecule has 5 nitrogen and oxygen atoms in total. The molecule has 0 fully saturated rings. The molecule has 0 amide bonds. The van der Waals surface area contributed by atoms with E-state index in [0.717, 1.165) is 37.5 Å². The molecule has 0 atom stereocenters. The van der Waals surface area contributed by atoms with Crippen molar-refractivity contribution in [2.24, 2.45) is 0 Å². The van der Waals surface area contributed by atoms with Crippen LogP contribution < -0.4 is 5.32 Å². The first-order valence-electron chi connectivity index (χ1n) is 7.16. The monoisotopic (exact) mass is 282 g/mol. The summed E-state index contributed by atoms with van der Waals surface area (Å²) in [6, 6.07) is 6.01. The maximum Gasteiger partial charge on any atom is 0.0889 e. The van der Waals surface area contributed by atoms with Crippen molar-refractivity contribution in [2.75, 3.05) is 40.1 Å². The maximum atomic E-state index is 5.55. The van der Waals surface area contributed by atoms with Gasteiger partial charge >= 0.3 is 0 Å². The molecule has 0 bridgehead atoms. The first-order chi connectivity index (χ1) is 9.86. The molecule has 0 aromatic carbocycles. The predicted molar refractivity (Wildman–Crippen MR) is 78.6 cm³/mol. The van der Waals surface area contributed by atoms with Gasteiger partial charge in [-0.25, -0.2) is 0 Å². The molecule has 0 aliphatic rings. The van der Waals surface area contributed by atoms with E-state index < -0.39 is 0 Å². The van der Waals surface area contributed by atoms with E-state index >= 15 is 0 Å². The van der Waals surface area contributed by atoms with Crippen LogP contribution in [0.5, 0.6) is 0 Å². The van der Waals surface area contributed by atoms with Gasteiger partial charge in [-0.3, -0.25) is 4.98 Å². The highest BCUT2D eigenvalue weighted by Gasteiger charge is 1.98. The summed E-state index contributed by atoms with van der Waals surface area (Å²) >= 11 is 0. The molecular weight excluding hydrogens is 256 g/mol. The van der Waals surface area contributed by atoms with Crippen LogP contribution in [0.3, 0.4) is 0 Å². The molecule has 5 heteroatoms. The summed E-state index contributed by atoms with van der Waals surface area (Å²) in [7, 11) is 1.69. The van der Waals surface area contributed by atoms with E-state index in [-0.39, 0.29) is 0 Å². The summed E-state index contributed by atoms with van der Waals surface area (Å²) in [4.78, 5) is 4.52. The average Bonchev–Trinajstić information content (AvgIpc) is 2.48. The van der Waals surface area contributed by atoms with Gasteiger partial charge in [0.2, 0.25) is 0 Å². The minimum Gasteiger partial charge on any atom is -0.385 e. The third-order valence-electron chi connectivity index (χ3n) is 2.68. The Labute approximate surface area is 121 Å². The molecule has 0 spiro atoms. The highest BCUT2D eigenvalue weighted by atomic mass is 16.5. The Morgan fingerprint density at radius 3 is 2.65 bits per heavy atom. The lowest BCUT2D eigenvalue weighted by Gasteiger charge is -2.07. The lowest BCUT2D eigenvalue weighted by Crippen LogP contribution is -2.13. The molecule has 1 rings (SSSR count). The molecular formula is C15H26N2O3. The zero-order valence-electron chi connectivity index (χ0n) is 12.6. The first kappa shape index (κ1) is 17.0. The van der Waals surface area contributed by atoms with Crippen molar-refractivity contribution >= 4 is 0 Å². The van der Waals surface area contributed by atoms with Crippen LogP contribution in [0, 0.1) is 0 Å². The number of hydrogen-bond acceptors (Lipinski definition) is 5. The second kappa shape index (κ2) is 11.8. The molecule has 0 saturated heterocycles. The summed E-state index contributed by atoms with van der Waals surface area (Å²) in [6.45, 7) is 7.01. The Bertz CT molecular complexity index is 348. The molecule has 0 aliphatic carbocycles. The second-order valence-corrected chi connectivity index (χ2v) is 4.41. The van der Waals surface area contributed by atoms with Crippen molar-refractivity contribution in [1.29, 1.82) is 0 Å². The Morgan fingerprint density at radius 1 is 1.05 bits per heavy atom. The average molecular weight is 282 g/mol. The number of pyridine rings is 1. The largest absolute Gasteiger partial charge is 0.385 e. The van der Waals surface area contributed by atoms with Crippen LogP contribution in [0.15, 0.2) is 18.2 Å². The molecule has 1 N–H and O–H groups in total. The smallest absolute Gasteiger partial charge is 0.0889 e. The molecule has 0 radical (unpaired) electrons. The van der Waals surface area contributed by atoms with E-state index in [1.54, 1.807) is 7.11 Å². The molecule has 1 aromatic heterocycles. The summed E-state index contributed by atoms with van der Waals surface area (Å²) in [5.41, 5.74) is 2.00. The van der Waals surface area contributed by atoms with E-state index in [0.29, 0.717) is 26.4 Å². The van der Waals surface area contributed by atoms with Crippen LogP contribution >= 0.6 is 0 Å². The molecule has 20 heavy (non-hydrogen) atoms. The maximum absolute atomic E-state index is 5.55. The van der Waals surface area contributed by atoms with Crippen LogP contribution in [-0.2, 0) is 27.4 Å². The van der Waals surface area contributed by atoms with Crippen LogP contribution in [0.1, 0.15) is 24.7 Å². The molecule has 0 saturated carbocycles. The van der Waals surface area contributed by atoms with Crippen molar-refractivity contribution in [3.63, 3.8) is 0 Å². The number of aromatic nitrogens is 1. The van der Waals surface area contributed by atoms with Gasteiger partial charge in [-0.1, -0.05) is 13.0 Å². The fraction of sp³-hybridized carbons (Fsp3) is 0.667. The highest BCUT2D eigenvalue weighted by Crippen LogP contribution is 2.01. The van der Waals surface area contributed by atoms with Crippen LogP contribution in [-0.4, -0.2) is 45.1 Å². The normalized spacial score (nSPS) is 10.9. The van der Waals surface area contributed by atoms with Crippen LogP contribution in [0.4, 0.5) is 0 Å². The summed E-state index contributed by atoms with van der Waals surface area (Å²) < 4.78 is 15.9. The van der Waals surface area contributed by atoms with Crippen molar-refractivity contribution in [1.82, 2.24) is 10.3 Å². The van der Waals surface area contributed by atoms with Crippen molar-refractivity contribution in [3.05, 3.63) is 29.6 Å². The number of hydrogen-bond donors (Lipinski definition) is 1. The number of methoxy groups -OCH3 is 1. The molecule has 114 valence electrons. The Balaban J connectivity index is 2.09. The topological polar surface area (TPSA) is 52.6 Å². The van der Waals surface area contributed by atoms with Gasteiger partial charge in [-0.15, -0.1) is 0 Å². The number of nitrogens with zero attached hydrogens (tertiary/aromatic N) is 1. The van der Waals surface area contributed by atoms with E-state index in [9.17, 15) is 0 Å². The zero-order chi connectivity index (χ0) is 14.5. The fourth-order valence-electron chi connectivity index (χ4n) is 1.66. The SMILES string of the molecule is CCNCc1cccc(COCCOCCCOC)n1. The van der Waals surface area contributed by atoms with E-state index in [2.05, 4.69) is 17.2 Å². The van der Waals surface area contributed by atoms with Crippen molar-refractivity contribution in [3.8, 4) is 0 Å². The zero-order valence-corrected chi connectivity index (χ0v) is 12.6. The van der Waals surface area contributed by atoms with Gasteiger partial charge in [0.1, 0.15) is 0 Å². The highest BCUT2D eigenvalue weighted by molar-refractivity contribution is 5.10. The quantitative estimate of drug-likeness (QED) is 0.592. The molecule has 1 heterocycles.